The number of anilines is 1. The van der Waals surface area contributed by atoms with E-state index in [0.29, 0.717) is 29.2 Å². The summed E-state index contributed by atoms with van der Waals surface area (Å²) in [5.74, 6) is -0.252. The first kappa shape index (κ1) is 27.0. The Hall–Kier alpha value is -4.22. The van der Waals surface area contributed by atoms with E-state index in [9.17, 15) is 18.0 Å². The summed E-state index contributed by atoms with van der Waals surface area (Å²) in [7, 11) is -4.15. The summed E-state index contributed by atoms with van der Waals surface area (Å²) in [6.07, 6.45) is 1.70. The van der Waals surface area contributed by atoms with Gasteiger partial charge in [-0.1, -0.05) is 54.2 Å². The van der Waals surface area contributed by atoms with Crippen molar-refractivity contribution in [1.29, 1.82) is 0 Å². The van der Waals surface area contributed by atoms with Crippen LogP contribution in [0.4, 0.5) is 5.69 Å². The second-order valence-electron chi connectivity index (χ2n) is 9.47. The number of sulfonamides is 1. The minimum Gasteiger partial charge on any atom is -0.461 e. The van der Waals surface area contributed by atoms with Crippen LogP contribution in [0, 0.1) is 0 Å². The number of amidine groups is 1. The summed E-state index contributed by atoms with van der Waals surface area (Å²) < 4.78 is 37.7. The van der Waals surface area contributed by atoms with E-state index in [2.05, 4.69) is 10.5 Å². The van der Waals surface area contributed by atoms with Crippen LogP contribution in [-0.4, -0.2) is 47.6 Å². The molecule has 0 spiro atoms. The third-order valence-corrected chi connectivity index (χ3v) is 9.29. The maximum Gasteiger partial charge on any atom is 0.357 e. The molecule has 6 rings (SSSR count). The van der Waals surface area contributed by atoms with Crippen molar-refractivity contribution in [3.05, 3.63) is 95.7 Å². The predicted molar refractivity (Wildman–Crippen MR) is 158 cm³/mol. The van der Waals surface area contributed by atoms with Gasteiger partial charge in [0, 0.05) is 23.3 Å². The van der Waals surface area contributed by atoms with Crippen LogP contribution in [0.25, 0.3) is 16.9 Å². The lowest BCUT2D eigenvalue weighted by atomic mass is 9.89. The van der Waals surface area contributed by atoms with Gasteiger partial charge in [0.15, 0.2) is 10.9 Å². The normalized spacial score (nSPS) is 15.9. The molecular formula is C30H26N4O5S2. The molecule has 0 N–H and O–H groups in total. The van der Waals surface area contributed by atoms with Crippen LogP contribution in [0.2, 0.25) is 0 Å². The minimum absolute atomic E-state index is 0.0414. The van der Waals surface area contributed by atoms with Crippen molar-refractivity contribution in [3.8, 4) is 16.9 Å². The number of para-hydroxylation sites is 1. The highest BCUT2D eigenvalue weighted by atomic mass is 32.2. The average Bonchev–Trinajstić information content (AvgIpc) is 3.38. The van der Waals surface area contributed by atoms with Crippen LogP contribution in [-0.2, 0) is 32.4 Å². The number of rotatable bonds is 6. The Morgan fingerprint density at radius 1 is 0.951 bits per heavy atom. The number of carbonyl (C=O) groups is 2. The van der Waals surface area contributed by atoms with Crippen molar-refractivity contribution >= 4 is 44.5 Å². The van der Waals surface area contributed by atoms with Gasteiger partial charge in [-0.3, -0.25) is 9.69 Å². The van der Waals surface area contributed by atoms with Crippen molar-refractivity contribution in [2.24, 2.45) is 4.40 Å². The van der Waals surface area contributed by atoms with Crippen LogP contribution < -0.4 is 4.90 Å². The molecule has 1 fully saturated rings. The van der Waals surface area contributed by atoms with E-state index in [0.717, 1.165) is 28.8 Å². The van der Waals surface area contributed by atoms with E-state index in [1.54, 1.807) is 43.3 Å². The summed E-state index contributed by atoms with van der Waals surface area (Å²) in [6, 6.07) is 22.9. The highest BCUT2D eigenvalue weighted by Gasteiger charge is 2.31. The van der Waals surface area contributed by atoms with Crippen LogP contribution >= 0.6 is 11.8 Å². The Kier molecular flexibility index (Phi) is 7.22. The van der Waals surface area contributed by atoms with Gasteiger partial charge in [-0.2, -0.15) is 13.5 Å². The summed E-state index contributed by atoms with van der Waals surface area (Å²) in [6.45, 7) is 1.96. The summed E-state index contributed by atoms with van der Waals surface area (Å²) >= 11 is 1.22. The Labute approximate surface area is 241 Å². The molecule has 1 aliphatic carbocycles. The smallest absolute Gasteiger partial charge is 0.357 e. The topological polar surface area (TPSA) is 111 Å². The Morgan fingerprint density at radius 2 is 1.68 bits per heavy atom. The van der Waals surface area contributed by atoms with Gasteiger partial charge in [-0.25, -0.2) is 9.48 Å². The van der Waals surface area contributed by atoms with Gasteiger partial charge in [0.2, 0.25) is 5.91 Å². The van der Waals surface area contributed by atoms with E-state index in [1.807, 2.05) is 24.3 Å². The quantitative estimate of drug-likeness (QED) is 0.292. The minimum atomic E-state index is -4.15. The van der Waals surface area contributed by atoms with Gasteiger partial charge >= 0.3 is 5.97 Å². The number of hydrogen-bond donors (Lipinski definition) is 0. The summed E-state index contributed by atoms with van der Waals surface area (Å²) in [5.41, 5.74) is 5.07. The number of thioether (sulfide) groups is 1. The maximum absolute atomic E-state index is 13.4. The standard InChI is InChI=1S/C30H26N4O5S2/c1-2-39-29(36)28-25-17-12-20-8-6-7-11-24(20)27(25)31-34(28)22-13-15-23(16-14-22)41(37,38)32-30-33(26(35)18-19-40-30)21-9-4-3-5-10-21/h3-11,13-16H,2,12,17-19H2,1H3/b32-30+. The molecule has 1 aromatic heterocycles. The lowest BCUT2D eigenvalue weighted by Crippen LogP contribution is -2.39. The van der Waals surface area contributed by atoms with E-state index < -0.39 is 16.0 Å². The maximum atomic E-state index is 13.4. The zero-order valence-electron chi connectivity index (χ0n) is 22.2. The fourth-order valence-electron chi connectivity index (χ4n) is 5.05. The number of hydrogen-bond acceptors (Lipinski definition) is 7. The van der Waals surface area contributed by atoms with Crippen molar-refractivity contribution < 1.29 is 22.7 Å². The first-order chi connectivity index (χ1) is 19.9. The number of aryl methyl sites for hydroxylation is 1. The van der Waals surface area contributed by atoms with E-state index >= 15 is 0 Å². The molecule has 2 aliphatic rings. The predicted octanol–water partition coefficient (Wildman–Crippen LogP) is 5.03. The molecule has 0 atom stereocenters. The molecule has 11 heteroatoms. The largest absolute Gasteiger partial charge is 0.461 e. The van der Waals surface area contributed by atoms with Gasteiger partial charge in [-0.05, 0) is 61.7 Å². The zero-order valence-corrected chi connectivity index (χ0v) is 23.8. The van der Waals surface area contributed by atoms with Gasteiger partial charge < -0.3 is 4.74 Å². The Bertz CT molecular complexity index is 1780. The third kappa shape index (κ3) is 5.07. The van der Waals surface area contributed by atoms with Crippen LogP contribution in [0.5, 0.6) is 0 Å². The zero-order chi connectivity index (χ0) is 28.6. The number of fused-ring (bicyclic) bond motifs is 3. The molecule has 3 aromatic carbocycles. The first-order valence-electron chi connectivity index (χ1n) is 13.2. The van der Waals surface area contributed by atoms with Gasteiger partial charge in [0.25, 0.3) is 10.0 Å². The fourth-order valence-corrected chi connectivity index (χ4v) is 7.23. The van der Waals surface area contributed by atoms with Crippen LogP contribution in [0.3, 0.4) is 0 Å². The number of ether oxygens (including phenoxy) is 1. The first-order valence-corrected chi connectivity index (χ1v) is 15.6. The Balaban J connectivity index is 1.37. The number of carbonyl (C=O) groups excluding carboxylic acids is 2. The number of amides is 1. The summed E-state index contributed by atoms with van der Waals surface area (Å²) in [5, 5.41) is 4.90. The molecule has 208 valence electrons. The van der Waals surface area contributed by atoms with Gasteiger partial charge in [0.1, 0.15) is 0 Å². The highest BCUT2D eigenvalue weighted by molar-refractivity contribution is 8.15. The lowest BCUT2D eigenvalue weighted by Gasteiger charge is -2.27. The molecule has 0 radical (unpaired) electrons. The third-order valence-electron chi connectivity index (χ3n) is 6.95. The molecule has 1 saturated heterocycles. The van der Waals surface area contributed by atoms with E-state index in [4.69, 9.17) is 9.84 Å². The summed E-state index contributed by atoms with van der Waals surface area (Å²) in [4.78, 5) is 27.1. The lowest BCUT2D eigenvalue weighted by molar-refractivity contribution is -0.117. The van der Waals surface area contributed by atoms with Crippen molar-refractivity contribution in [2.45, 2.75) is 31.1 Å². The van der Waals surface area contributed by atoms with Gasteiger partial charge in [0.05, 0.1) is 28.6 Å². The molecule has 9 nitrogen and oxygen atoms in total. The number of benzene rings is 3. The van der Waals surface area contributed by atoms with Crippen molar-refractivity contribution in [3.63, 3.8) is 0 Å². The van der Waals surface area contributed by atoms with Crippen molar-refractivity contribution in [1.82, 2.24) is 9.78 Å². The monoisotopic (exact) mass is 586 g/mol. The molecule has 0 unspecified atom stereocenters. The molecule has 1 aliphatic heterocycles. The second kappa shape index (κ2) is 11.0. The SMILES string of the molecule is CCOC(=O)c1c2c(nn1-c1ccc(S(=O)(=O)/N=C3/SCCC(=O)N3c3ccccc3)cc1)-c1ccccc1CC2. The van der Waals surface area contributed by atoms with E-state index in [1.165, 1.54) is 33.5 Å². The molecule has 4 aromatic rings. The fraction of sp³-hybridized carbons (Fsp3) is 0.200. The molecule has 1 amide bonds. The van der Waals surface area contributed by atoms with Crippen LogP contribution in [0.15, 0.2) is 88.2 Å². The molecule has 0 saturated carbocycles. The van der Waals surface area contributed by atoms with Gasteiger partial charge in [-0.15, -0.1) is 4.40 Å². The number of aromatic nitrogens is 2. The highest BCUT2D eigenvalue weighted by Crippen LogP contribution is 2.36. The average molecular weight is 587 g/mol. The Morgan fingerprint density at radius 3 is 2.44 bits per heavy atom. The van der Waals surface area contributed by atoms with Crippen molar-refractivity contribution in [2.75, 3.05) is 17.3 Å². The molecule has 2 heterocycles. The molecule has 0 bridgehead atoms. The van der Waals surface area contributed by atoms with E-state index in [-0.39, 0.29) is 29.0 Å². The van der Waals surface area contributed by atoms with Crippen LogP contribution in [0.1, 0.15) is 35.0 Å². The molecular weight excluding hydrogens is 560 g/mol. The second-order valence-corrected chi connectivity index (χ2v) is 12.1. The number of esters is 1. The molecule has 41 heavy (non-hydrogen) atoms. The number of nitrogens with zero attached hydrogens (tertiary/aromatic N) is 4.